The van der Waals surface area contributed by atoms with Crippen LogP contribution in [0.4, 0.5) is 0 Å². The minimum absolute atomic E-state index is 0.0324. The summed E-state index contributed by atoms with van der Waals surface area (Å²) in [6, 6.07) is 7.96. The molecule has 2 heterocycles. The van der Waals surface area contributed by atoms with E-state index in [0.717, 1.165) is 24.2 Å². The minimum Gasteiger partial charge on any atom is -0.356 e. The van der Waals surface area contributed by atoms with Gasteiger partial charge in [-0.05, 0) is 38.8 Å². The van der Waals surface area contributed by atoms with Gasteiger partial charge in [0.15, 0.2) is 0 Å². The van der Waals surface area contributed by atoms with Gasteiger partial charge in [0.2, 0.25) is 5.91 Å². The molecule has 3 rings (SSSR count). The maximum absolute atomic E-state index is 12.5. The predicted molar refractivity (Wildman–Crippen MR) is 80.6 cm³/mol. The summed E-state index contributed by atoms with van der Waals surface area (Å²) in [4.78, 5) is 15.9. The van der Waals surface area contributed by atoms with Crippen LogP contribution in [-0.4, -0.2) is 23.0 Å². The van der Waals surface area contributed by atoms with Crippen LogP contribution >= 0.6 is 0 Å². The highest BCUT2D eigenvalue weighted by Gasteiger charge is 2.30. The highest BCUT2D eigenvalue weighted by atomic mass is 16.2. The molecule has 2 aromatic rings. The van der Waals surface area contributed by atoms with Crippen molar-refractivity contribution < 1.29 is 4.79 Å². The lowest BCUT2D eigenvalue weighted by molar-refractivity contribution is -0.124. The first-order valence-corrected chi connectivity index (χ1v) is 7.10. The average Bonchev–Trinajstić information content (AvgIpc) is 2.75. The van der Waals surface area contributed by atoms with Crippen molar-refractivity contribution in [3.8, 4) is 0 Å². The minimum atomic E-state index is -0.287. The highest BCUT2D eigenvalue weighted by molar-refractivity contribution is 5.90. The predicted octanol–water partition coefficient (Wildman–Crippen LogP) is 2.27. The third kappa shape index (κ3) is 2.31. The van der Waals surface area contributed by atoms with Gasteiger partial charge in [0.05, 0.1) is 0 Å². The number of carbonyl (C=O) groups is 1. The Morgan fingerprint density at radius 2 is 2.05 bits per heavy atom. The van der Waals surface area contributed by atoms with E-state index in [1.165, 1.54) is 10.9 Å². The first kappa shape index (κ1) is 13.2. The molecule has 4 nitrogen and oxygen atoms in total. The summed E-state index contributed by atoms with van der Waals surface area (Å²) in [6.45, 7) is 6.83. The number of hydrogen-bond donors (Lipinski definition) is 3. The molecule has 4 heteroatoms. The largest absolute Gasteiger partial charge is 0.356 e. The molecule has 0 aliphatic carbocycles. The summed E-state index contributed by atoms with van der Waals surface area (Å²) in [6.07, 6.45) is 0.957. The molecule has 0 bridgehead atoms. The van der Waals surface area contributed by atoms with E-state index in [4.69, 9.17) is 0 Å². The van der Waals surface area contributed by atoms with Crippen LogP contribution in [0.15, 0.2) is 24.3 Å². The molecular weight excluding hydrogens is 250 g/mol. The van der Waals surface area contributed by atoms with Crippen LogP contribution in [0.25, 0.3) is 10.9 Å². The number of fused-ring (bicyclic) bond motifs is 3. The van der Waals surface area contributed by atoms with E-state index in [1.54, 1.807) is 0 Å². The summed E-state index contributed by atoms with van der Waals surface area (Å²) in [5, 5.41) is 7.60. The third-order valence-electron chi connectivity index (χ3n) is 3.62. The monoisotopic (exact) mass is 271 g/mol. The normalized spacial score (nSPS) is 18.9. The van der Waals surface area contributed by atoms with E-state index in [9.17, 15) is 4.79 Å². The summed E-state index contributed by atoms with van der Waals surface area (Å²) in [7, 11) is 0. The third-order valence-corrected chi connectivity index (χ3v) is 3.62. The van der Waals surface area contributed by atoms with Gasteiger partial charge >= 0.3 is 0 Å². The van der Waals surface area contributed by atoms with Crippen molar-refractivity contribution >= 4 is 16.8 Å². The molecular formula is C16H21N3O. The van der Waals surface area contributed by atoms with Gasteiger partial charge in [0.1, 0.15) is 6.04 Å². The van der Waals surface area contributed by atoms with Gasteiger partial charge in [0.25, 0.3) is 0 Å². The lowest BCUT2D eigenvalue weighted by Crippen LogP contribution is -2.48. The van der Waals surface area contributed by atoms with Gasteiger partial charge in [-0.3, -0.25) is 4.79 Å². The van der Waals surface area contributed by atoms with Gasteiger partial charge in [0, 0.05) is 28.7 Å². The quantitative estimate of drug-likeness (QED) is 0.745. The van der Waals surface area contributed by atoms with Crippen molar-refractivity contribution in [2.75, 3.05) is 6.54 Å². The molecule has 0 saturated heterocycles. The van der Waals surface area contributed by atoms with Crippen LogP contribution in [0.2, 0.25) is 0 Å². The lowest BCUT2D eigenvalue weighted by atomic mass is 9.98. The fourth-order valence-electron chi connectivity index (χ4n) is 2.85. The Bertz CT molecular complexity index is 651. The molecule has 0 saturated carbocycles. The van der Waals surface area contributed by atoms with Crippen LogP contribution in [0.5, 0.6) is 0 Å². The number of nitrogens with one attached hydrogen (secondary N) is 3. The van der Waals surface area contributed by atoms with E-state index in [-0.39, 0.29) is 17.5 Å². The highest BCUT2D eigenvalue weighted by Crippen LogP contribution is 2.30. The molecule has 20 heavy (non-hydrogen) atoms. The van der Waals surface area contributed by atoms with Crippen molar-refractivity contribution in [3.63, 3.8) is 0 Å². The first-order valence-electron chi connectivity index (χ1n) is 7.10. The Morgan fingerprint density at radius 1 is 1.30 bits per heavy atom. The zero-order valence-corrected chi connectivity index (χ0v) is 12.2. The molecule has 1 atom stereocenters. The fourth-order valence-corrected chi connectivity index (χ4v) is 2.85. The first-order chi connectivity index (χ1) is 9.46. The Kier molecular flexibility index (Phi) is 3.05. The van der Waals surface area contributed by atoms with Gasteiger partial charge in [-0.15, -0.1) is 0 Å². The molecule has 1 aromatic carbocycles. The maximum atomic E-state index is 12.5. The Morgan fingerprint density at radius 3 is 2.80 bits per heavy atom. The number of rotatable bonds is 1. The van der Waals surface area contributed by atoms with Crippen LogP contribution < -0.4 is 10.6 Å². The van der Waals surface area contributed by atoms with Crippen molar-refractivity contribution in [1.29, 1.82) is 0 Å². The molecule has 1 amide bonds. The summed E-state index contributed by atoms with van der Waals surface area (Å²) >= 11 is 0. The van der Waals surface area contributed by atoms with Crippen molar-refractivity contribution in [1.82, 2.24) is 15.6 Å². The summed E-state index contributed by atoms with van der Waals surface area (Å²) in [5.74, 6) is 0.0324. The summed E-state index contributed by atoms with van der Waals surface area (Å²) < 4.78 is 0. The number of para-hydroxylation sites is 1. The topological polar surface area (TPSA) is 56.9 Å². The van der Waals surface area contributed by atoms with Gasteiger partial charge in [-0.25, -0.2) is 0 Å². The molecule has 1 aliphatic rings. The molecule has 106 valence electrons. The van der Waals surface area contributed by atoms with Crippen molar-refractivity contribution in [3.05, 3.63) is 35.5 Å². The SMILES string of the molecule is CC(C)(C)NC(=O)C1NCCc2c1[nH]c1ccccc21. The van der Waals surface area contributed by atoms with Crippen LogP contribution in [0.1, 0.15) is 38.1 Å². The zero-order valence-electron chi connectivity index (χ0n) is 12.2. The number of H-pyrrole nitrogens is 1. The van der Waals surface area contributed by atoms with Gasteiger partial charge < -0.3 is 15.6 Å². The van der Waals surface area contributed by atoms with Gasteiger partial charge in [-0.2, -0.15) is 0 Å². The van der Waals surface area contributed by atoms with E-state index in [2.05, 4.69) is 27.8 Å². The zero-order chi connectivity index (χ0) is 14.3. The summed E-state index contributed by atoms with van der Waals surface area (Å²) in [5.41, 5.74) is 3.17. The second kappa shape index (κ2) is 4.63. The Labute approximate surface area is 118 Å². The Balaban J connectivity index is 2.00. The lowest BCUT2D eigenvalue weighted by Gasteiger charge is -2.28. The number of benzene rings is 1. The number of aromatic amines is 1. The van der Waals surface area contributed by atoms with E-state index >= 15 is 0 Å². The fraction of sp³-hybridized carbons (Fsp3) is 0.438. The number of carbonyl (C=O) groups excluding carboxylic acids is 1. The van der Waals surface area contributed by atoms with Crippen LogP contribution in [0.3, 0.4) is 0 Å². The Hall–Kier alpha value is -1.81. The van der Waals surface area contributed by atoms with Crippen LogP contribution in [-0.2, 0) is 11.2 Å². The van der Waals surface area contributed by atoms with E-state index in [1.807, 2.05) is 32.9 Å². The van der Waals surface area contributed by atoms with Crippen molar-refractivity contribution in [2.45, 2.75) is 38.8 Å². The molecule has 1 aliphatic heterocycles. The van der Waals surface area contributed by atoms with Gasteiger partial charge in [-0.1, -0.05) is 18.2 Å². The van der Waals surface area contributed by atoms with E-state index in [0.29, 0.717) is 0 Å². The number of hydrogen-bond acceptors (Lipinski definition) is 2. The smallest absolute Gasteiger partial charge is 0.243 e. The average molecular weight is 271 g/mol. The molecule has 0 fully saturated rings. The molecule has 3 N–H and O–H groups in total. The molecule has 1 unspecified atom stereocenters. The van der Waals surface area contributed by atoms with E-state index < -0.39 is 0 Å². The number of aromatic nitrogens is 1. The second-order valence-electron chi connectivity index (χ2n) is 6.44. The standard InChI is InChI=1S/C16H21N3O/c1-16(2,3)19-15(20)14-13-11(8-9-17-14)10-6-4-5-7-12(10)18-13/h4-7,14,17-18H,8-9H2,1-3H3,(H,19,20). The maximum Gasteiger partial charge on any atom is 0.243 e. The molecule has 0 radical (unpaired) electrons. The van der Waals surface area contributed by atoms with Crippen molar-refractivity contribution in [2.24, 2.45) is 0 Å². The second-order valence-corrected chi connectivity index (χ2v) is 6.44. The van der Waals surface area contributed by atoms with Crippen LogP contribution in [0, 0.1) is 0 Å². The molecule has 1 aromatic heterocycles. The number of amides is 1. The molecule has 0 spiro atoms.